The molecule has 1 aromatic rings. The number of para-hydroxylation sites is 1. The molecule has 41 heavy (non-hydrogen) atoms. The minimum atomic E-state index is -0.0225. The van der Waals surface area contributed by atoms with E-state index in [1.807, 2.05) is 93.4 Å². The summed E-state index contributed by atoms with van der Waals surface area (Å²) < 4.78 is 4.75. The fourth-order valence-electron chi connectivity index (χ4n) is 3.21. The van der Waals surface area contributed by atoms with E-state index < -0.39 is 0 Å². The average molecular weight is 576 g/mol. The number of methoxy groups -OCH3 is 1. The molecule has 5 nitrogen and oxygen atoms in total. The number of carbonyl (C=O) groups excluding carboxylic acids is 2. The molecule has 0 aliphatic rings. The fourth-order valence-corrected chi connectivity index (χ4v) is 3.21. The van der Waals surface area contributed by atoms with E-state index in [1.54, 1.807) is 19.2 Å². The van der Waals surface area contributed by atoms with Crippen molar-refractivity contribution < 1.29 is 19.4 Å². The second-order valence-electron chi connectivity index (χ2n) is 9.17. The first-order valence-electron chi connectivity index (χ1n) is 15.1. The Morgan fingerprint density at radius 3 is 1.73 bits per heavy atom. The maximum atomic E-state index is 11.9. The molecule has 0 saturated carbocycles. The van der Waals surface area contributed by atoms with E-state index in [1.165, 1.54) is 32.6 Å². The zero-order valence-corrected chi connectivity index (χ0v) is 29.2. The number of hydrogen-bond acceptors (Lipinski definition) is 5. The lowest BCUT2D eigenvalue weighted by molar-refractivity contribution is -0.113. The molecule has 5 heteroatoms. The largest absolute Gasteiger partial charge is 0.508 e. The summed E-state index contributed by atoms with van der Waals surface area (Å²) in [6.07, 6.45) is 10.0. The maximum Gasteiger partial charge on any atom is 0.156 e. The van der Waals surface area contributed by atoms with Gasteiger partial charge in [0.25, 0.3) is 0 Å². The molecular weight excluding hydrogens is 510 g/mol. The second kappa shape index (κ2) is 35.2. The predicted octanol–water partition coefficient (Wildman–Crippen LogP) is 10.5. The number of ether oxygens (including phenoxy) is 1. The molecule has 0 bridgehead atoms. The number of nitrogens with zero attached hydrogens (tertiary/aromatic N) is 1. The van der Waals surface area contributed by atoms with E-state index in [0.29, 0.717) is 18.1 Å². The van der Waals surface area contributed by atoms with Crippen LogP contribution in [0.4, 0.5) is 0 Å². The number of Topliss-reactive ketones (excluding diaryl/α,β-unsaturated/α-hetero) is 1. The van der Waals surface area contributed by atoms with Gasteiger partial charge in [0.2, 0.25) is 0 Å². The van der Waals surface area contributed by atoms with Crippen LogP contribution in [0.1, 0.15) is 121 Å². The van der Waals surface area contributed by atoms with Crippen molar-refractivity contribution in [2.45, 2.75) is 128 Å². The van der Waals surface area contributed by atoms with Crippen LogP contribution in [0, 0.1) is 5.92 Å². The van der Waals surface area contributed by atoms with Crippen molar-refractivity contribution in [1.29, 1.82) is 0 Å². The molecule has 0 aliphatic carbocycles. The van der Waals surface area contributed by atoms with Crippen LogP contribution in [0.3, 0.4) is 0 Å². The number of ketones is 1. The summed E-state index contributed by atoms with van der Waals surface area (Å²) >= 11 is 0. The van der Waals surface area contributed by atoms with Crippen LogP contribution in [0.15, 0.2) is 64.8 Å². The van der Waals surface area contributed by atoms with Gasteiger partial charge in [-0.15, -0.1) is 0 Å². The minimum absolute atomic E-state index is 0.0225. The molecule has 1 N–H and O–H groups in total. The Labute approximate surface area is 254 Å². The SMILES string of the molecule is C=C(C)N=C(C)C(=C\C)/C=C(/Cc1ccccc1O)C(C)=O.C=O.CC.CC.CCCC(C)CCC.COC(C)C. The summed E-state index contributed by atoms with van der Waals surface area (Å²) in [5, 5.41) is 9.87. The summed E-state index contributed by atoms with van der Waals surface area (Å²) in [5.41, 5.74) is 3.77. The van der Waals surface area contributed by atoms with Crippen LogP contribution >= 0.6 is 0 Å². The maximum absolute atomic E-state index is 11.9. The summed E-state index contributed by atoms with van der Waals surface area (Å²) in [6, 6.07) is 7.04. The molecule has 0 heterocycles. The Morgan fingerprint density at radius 2 is 1.41 bits per heavy atom. The van der Waals surface area contributed by atoms with Crippen LogP contribution in [0.25, 0.3) is 0 Å². The number of hydrogen-bond donors (Lipinski definition) is 1. The fraction of sp³-hybridized carbons (Fsp3) is 0.583. The highest BCUT2D eigenvalue weighted by atomic mass is 16.5. The summed E-state index contributed by atoms with van der Waals surface area (Å²) in [5.74, 6) is 1.14. The molecule has 0 unspecified atom stereocenters. The van der Waals surface area contributed by atoms with Crippen LogP contribution in [0.2, 0.25) is 0 Å². The monoisotopic (exact) mass is 575 g/mol. The number of phenols is 1. The van der Waals surface area contributed by atoms with Gasteiger partial charge in [0, 0.05) is 24.9 Å². The van der Waals surface area contributed by atoms with E-state index in [9.17, 15) is 9.90 Å². The van der Waals surface area contributed by atoms with Crippen LogP contribution in [-0.4, -0.2) is 36.6 Å². The molecular formula is C36H65NO4. The van der Waals surface area contributed by atoms with E-state index in [-0.39, 0.29) is 11.5 Å². The van der Waals surface area contributed by atoms with Gasteiger partial charge < -0.3 is 14.6 Å². The average Bonchev–Trinajstić information content (AvgIpc) is 2.95. The topological polar surface area (TPSA) is 76.0 Å². The zero-order valence-electron chi connectivity index (χ0n) is 29.2. The molecule has 0 saturated heterocycles. The van der Waals surface area contributed by atoms with Crippen molar-refractivity contribution >= 4 is 18.3 Å². The van der Waals surface area contributed by atoms with Gasteiger partial charge in [-0.05, 0) is 76.3 Å². The van der Waals surface area contributed by atoms with Crippen molar-refractivity contribution in [2.24, 2.45) is 10.9 Å². The highest BCUT2D eigenvalue weighted by Gasteiger charge is 2.10. The standard InChI is InChI=1S/C19H23NO2.C8H18.C4H10O.2C2H6.CH2O/c1-6-16(14(4)20-13(2)3)11-18(15(5)21)12-17-9-7-8-10-19(17)22;1-4-6-8(3)7-5-2;1-4(2)5-3;3*1-2/h6-11,22H,2,12H2,1,3-5H3;8H,4-7H2,1-3H3;4H,1-3H3;2*1-2H3;1H2/b16-6-,18-11-,20-14?;;;;;. The Morgan fingerprint density at radius 1 is 0.976 bits per heavy atom. The quantitative estimate of drug-likeness (QED) is 0.162. The molecule has 0 fully saturated rings. The van der Waals surface area contributed by atoms with Gasteiger partial charge in [0.05, 0.1) is 6.10 Å². The minimum Gasteiger partial charge on any atom is -0.508 e. The number of aliphatic imine (C=N–C) groups is 1. The van der Waals surface area contributed by atoms with Crippen LogP contribution in [0.5, 0.6) is 5.75 Å². The number of carbonyl (C=O) groups is 2. The zero-order chi connectivity index (χ0) is 33.4. The molecule has 0 aliphatic heterocycles. The number of aromatic hydroxyl groups is 1. The van der Waals surface area contributed by atoms with E-state index >= 15 is 0 Å². The lowest BCUT2D eigenvalue weighted by Crippen LogP contribution is -2.04. The number of phenolic OH excluding ortho intramolecular Hbond substituents is 1. The van der Waals surface area contributed by atoms with E-state index in [2.05, 4.69) is 32.3 Å². The lowest BCUT2D eigenvalue weighted by Gasteiger charge is -2.08. The first kappa shape index (κ1) is 48.0. The van der Waals surface area contributed by atoms with Gasteiger partial charge >= 0.3 is 0 Å². The summed E-state index contributed by atoms with van der Waals surface area (Å²) in [7, 11) is 1.70. The van der Waals surface area contributed by atoms with Crippen molar-refractivity contribution in [3.8, 4) is 5.75 Å². The molecule has 238 valence electrons. The normalized spacial score (nSPS) is 10.7. The number of rotatable bonds is 11. The summed E-state index contributed by atoms with van der Waals surface area (Å²) in [6.45, 7) is 31.8. The second-order valence-corrected chi connectivity index (χ2v) is 9.17. The molecule has 0 radical (unpaired) electrons. The van der Waals surface area contributed by atoms with Crippen LogP contribution in [-0.2, 0) is 20.7 Å². The molecule has 1 rings (SSSR count). The van der Waals surface area contributed by atoms with Crippen molar-refractivity contribution in [3.63, 3.8) is 0 Å². The smallest absolute Gasteiger partial charge is 0.156 e. The molecule has 0 atom stereocenters. The van der Waals surface area contributed by atoms with Gasteiger partial charge in [0.1, 0.15) is 12.5 Å². The van der Waals surface area contributed by atoms with Gasteiger partial charge in [-0.25, -0.2) is 0 Å². The lowest BCUT2D eigenvalue weighted by atomic mass is 9.98. The van der Waals surface area contributed by atoms with Crippen molar-refractivity contribution in [3.05, 3.63) is 65.4 Å². The summed E-state index contributed by atoms with van der Waals surface area (Å²) in [4.78, 5) is 24.3. The Hall–Kier alpha value is -2.79. The predicted molar refractivity (Wildman–Crippen MR) is 183 cm³/mol. The van der Waals surface area contributed by atoms with Gasteiger partial charge in [-0.2, -0.15) is 0 Å². The van der Waals surface area contributed by atoms with Crippen LogP contribution < -0.4 is 0 Å². The third-order valence-corrected chi connectivity index (χ3v) is 5.28. The van der Waals surface area contributed by atoms with Gasteiger partial charge in [-0.3, -0.25) is 9.79 Å². The molecule has 1 aromatic carbocycles. The molecule has 0 spiro atoms. The first-order valence-corrected chi connectivity index (χ1v) is 15.1. The van der Waals surface area contributed by atoms with Gasteiger partial charge in [0.15, 0.2) is 5.78 Å². The van der Waals surface area contributed by atoms with E-state index in [0.717, 1.165) is 28.5 Å². The Balaban J connectivity index is -0.000000187. The third kappa shape index (κ3) is 31.6. The van der Waals surface area contributed by atoms with Gasteiger partial charge in [-0.1, -0.05) is 105 Å². The van der Waals surface area contributed by atoms with E-state index in [4.69, 9.17) is 9.53 Å². The Bertz CT molecular complexity index is 845. The molecule has 0 aromatic heterocycles. The van der Waals surface area contributed by atoms with Crippen molar-refractivity contribution in [1.82, 2.24) is 0 Å². The molecule has 0 amide bonds. The number of benzene rings is 1. The third-order valence-electron chi connectivity index (χ3n) is 5.28. The van der Waals surface area contributed by atoms with Crippen molar-refractivity contribution in [2.75, 3.05) is 7.11 Å². The Kier molecular flexibility index (Phi) is 41.2. The first-order chi connectivity index (χ1) is 19.4. The highest BCUT2D eigenvalue weighted by Crippen LogP contribution is 2.21. The highest BCUT2D eigenvalue weighted by molar-refractivity contribution is 6.04. The number of allylic oxidation sites excluding steroid dienone is 5.